The van der Waals surface area contributed by atoms with Crippen LogP contribution in [0, 0.1) is 0 Å². The molecule has 2 N–H and O–H groups in total. The molecule has 1 unspecified atom stereocenters. The Morgan fingerprint density at radius 1 is 1.57 bits per heavy atom. The molecule has 0 bridgehead atoms. The van der Waals surface area contributed by atoms with Crippen molar-refractivity contribution in [3.05, 3.63) is 0 Å². The van der Waals surface area contributed by atoms with Gasteiger partial charge in [0.25, 0.3) is 0 Å². The molecule has 6 heteroatoms. The number of carboxylic acid groups (broad SMARTS) is 1. The van der Waals surface area contributed by atoms with Crippen LogP contribution < -0.4 is 5.32 Å². The molecule has 0 saturated heterocycles. The molecular weight excluding hydrogens is 188 g/mol. The van der Waals surface area contributed by atoms with Crippen molar-refractivity contribution in [2.24, 2.45) is 0 Å². The van der Waals surface area contributed by atoms with Crippen molar-refractivity contribution >= 4 is 12.0 Å². The number of aliphatic carboxylic acids is 1. The van der Waals surface area contributed by atoms with E-state index in [-0.39, 0.29) is 12.6 Å². The number of nitrogens with one attached hydrogen (secondary N) is 1. The number of carboxylic acids is 1. The van der Waals surface area contributed by atoms with E-state index in [4.69, 9.17) is 9.84 Å². The highest BCUT2D eigenvalue weighted by atomic mass is 16.5. The van der Waals surface area contributed by atoms with Crippen LogP contribution in [0.2, 0.25) is 0 Å². The Morgan fingerprint density at radius 2 is 2.14 bits per heavy atom. The smallest absolute Gasteiger partial charge is 0.323 e. The number of hydrogen-bond acceptors (Lipinski definition) is 3. The summed E-state index contributed by atoms with van der Waals surface area (Å²) in [6.07, 6.45) is 0. The molecule has 0 radical (unpaired) electrons. The molecule has 0 aliphatic carbocycles. The van der Waals surface area contributed by atoms with Crippen LogP contribution in [0.25, 0.3) is 0 Å². The Labute approximate surface area is 82.8 Å². The van der Waals surface area contributed by atoms with Gasteiger partial charge in [-0.15, -0.1) is 0 Å². The second-order valence-electron chi connectivity index (χ2n) is 3.06. The predicted octanol–water partition coefficient (Wildman–Crippen LogP) is -0.253. The summed E-state index contributed by atoms with van der Waals surface area (Å²) in [5.74, 6) is -1.04. The molecule has 0 heterocycles. The van der Waals surface area contributed by atoms with E-state index in [1.54, 1.807) is 6.92 Å². The summed E-state index contributed by atoms with van der Waals surface area (Å²) in [7, 11) is 2.95. The van der Waals surface area contributed by atoms with Gasteiger partial charge in [0.15, 0.2) is 0 Å². The number of urea groups is 1. The Morgan fingerprint density at radius 3 is 2.57 bits per heavy atom. The molecule has 14 heavy (non-hydrogen) atoms. The van der Waals surface area contributed by atoms with Crippen LogP contribution in [0.4, 0.5) is 4.79 Å². The van der Waals surface area contributed by atoms with E-state index in [0.29, 0.717) is 6.61 Å². The van der Waals surface area contributed by atoms with E-state index in [9.17, 15) is 9.59 Å². The van der Waals surface area contributed by atoms with Crippen molar-refractivity contribution in [1.29, 1.82) is 0 Å². The minimum atomic E-state index is -1.04. The largest absolute Gasteiger partial charge is 0.480 e. The topological polar surface area (TPSA) is 78.9 Å². The number of methoxy groups -OCH3 is 1. The molecule has 0 spiro atoms. The highest BCUT2D eigenvalue weighted by Gasteiger charge is 2.13. The average Bonchev–Trinajstić information content (AvgIpc) is 2.02. The summed E-state index contributed by atoms with van der Waals surface area (Å²) in [5, 5.41) is 11.0. The lowest BCUT2D eigenvalue weighted by atomic mass is 10.4. The molecule has 0 aliphatic heterocycles. The number of amides is 2. The van der Waals surface area contributed by atoms with Gasteiger partial charge in [-0.2, -0.15) is 0 Å². The van der Waals surface area contributed by atoms with E-state index < -0.39 is 12.0 Å². The van der Waals surface area contributed by atoms with Crippen molar-refractivity contribution < 1.29 is 19.4 Å². The van der Waals surface area contributed by atoms with Crippen LogP contribution in [-0.2, 0) is 9.53 Å². The van der Waals surface area contributed by atoms with Gasteiger partial charge >= 0.3 is 12.0 Å². The van der Waals surface area contributed by atoms with Gasteiger partial charge in [0, 0.05) is 14.2 Å². The molecule has 0 fully saturated rings. The quantitative estimate of drug-likeness (QED) is 0.647. The van der Waals surface area contributed by atoms with E-state index in [0.717, 1.165) is 4.90 Å². The maximum absolute atomic E-state index is 11.3. The van der Waals surface area contributed by atoms with E-state index in [2.05, 4.69) is 5.32 Å². The molecular formula is C8H16N2O4. The third-order valence-electron chi connectivity index (χ3n) is 1.51. The lowest BCUT2D eigenvalue weighted by Gasteiger charge is -2.19. The zero-order valence-corrected chi connectivity index (χ0v) is 8.61. The number of rotatable bonds is 5. The summed E-state index contributed by atoms with van der Waals surface area (Å²) >= 11 is 0. The Bertz CT molecular complexity index is 208. The molecule has 0 aromatic carbocycles. The SMILES string of the molecule is COCC(C)NC(=O)N(C)CC(=O)O. The van der Waals surface area contributed by atoms with Crippen molar-refractivity contribution in [3.8, 4) is 0 Å². The van der Waals surface area contributed by atoms with Crippen molar-refractivity contribution in [2.75, 3.05) is 27.3 Å². The van der Waals surface area contributed by atoms with Gasteiger partial charge in [0.05, 0.1) is 12.6 Å². The van der Waals surface area contributed by atoms with Crippen LogP contribution in [0.1, 0.15) is 6.92 Å². The summed E-state index contributed by atoms with van der Waals surface area (Å²) in [4.78, 5) is 22.6. The fraction of sp³-hybridized carbons (Fsp3) is 0.750. The first-order valence-electron chi connectivity index (χ1n) is 4.19. The normalized spacial score (nSPS) is 11.9. The Balaban J connectivity index is 3.88. The maximum Gasteiger partial charge on any atom is 0.323 e. The number of carbonyl (C=O) groups excluding carboxylic acids is 1. The molecule has 82 valence electrons. The first-order chi connectivity index (χ1) is 6.47. The highest BCUT2D eigenvalue weighted by molar-refractivity contribution is 5.79. The Kier molecular flexibility index (Phi) is 5.62. The van der Waals surface area contributed by atoms with Gasteiger partial charge in [-0.1, -0.05) is 0 Å². The van der Waals surface area contributed by atoms with E-state index in [1.807, 2.05) is 0 Å². The molecule has 1 atom stereocenters. The molecule has 6 nitrogen and oxygen atoms in total. The Hall–Kier alpha value is -1.30. The zero-order valence-electron chi connectivity index (χ0n) is 8.61. The van der Waals surface area contributed by atoms with Gasteiger partial charge in [0.1, 0.15) is 6.54 Å². The van der Waals surface area contributed by atoms with Crippen LogP contribution >= 0.6 is 0 Å². The van der Waals surface area contributed by atoms with Gasteiger partial charge in [-0.3, -0.25) is 4.79 Å². The third kappa shape index (κ3) is 5.36. The molecule has 0 aliphatic rings. The summed E-state index contributed by atoms with van der Waals surface area (Å²) < 4.78 is 4.82. The van der Waals surface area contributed by atoms with Gasteiger partial charge in [0.2, 0.25) is 0 Å². The van der Waals surface area contributed by atoms with Gasteiger partial charge in [-0.25, -0.2) is 4.79 Å². The van der Waals surface area contributed by atoms with Gasteiger partial charge in [-0.05, 0) is 6.92 Å². The first-order valence-corrected chi connectivity index (χ1v) is 4.19. The van der Waals surface area contributed by atoms with Crippen LogP contribution in [0.3, 0.4) is 0 Å². The molecule has 0 aromatic rings. The van der Waals surface area contributed by atoms with Crippen molar-refractivity contribution in [2.45, 2.75) is 13.0 Å². The summed E-state index contributed by atoms with van der Waals surface area (Å²) in [6, 6.07) is -0.555. The summed E-state index contributed by atoms with van der Waals surface area (Å²) in [6.45, 7) is 1.86. The first kappa shape index (κ1) is 12.7. The molecule has 0 aromatic heterocycles. The predicted molar refractivity (Wildman–Crippen MR) is 50.1 cm³/mol. The lowest BCUT2D eigenvalue weighted by molar-refractivity contribution is -0.137. The van der Waals surface area contributed by atoms with Crippen molar-refractivity contribution in [3.63, 3.8) is 0 Å². The number of likely N-dealkylation sites (N-methyl/N-ethyl adjacent to an activating group) is 1. The van der Waals surface area contributed by atoms with Crippen LogP contribution in [-0.4, -0.2) is 55.4 Å². The number of ether oxygens (including phenoxy) is 1. The highest BCUT2D eigenvalue weighted by Crippen LogP contribution is 1.88. The van der Waals surface area contributed by atoms with E-state index >= 15 is 0 Å². The molecule has 0 saturated carbocycles. The number of carbonyl (C=O) groups is 2. The minimum Gasteiger partial charge on any atom is -0.480 e. The summed E-state index contributed by atoms with van der Waals surface area (Å²) in [5.41, 5.74) is 0. The fourth-order valence-corrected chi connectivity index (χ4v) is 0.887. The van der Waals surface area contributed by atoms with Crippen LogP contribution in [0.15, 0.2) is 0 Å². The van der Waals surface area contributed by atoms with E-state index in [1.165, 1.54) is 14.2 Å². The second-order valence-corrected chi connectivity index (χ2v) is 3.06. The average molecular weight is 204 g/mol. The second kappa shape index (κ2) is 6.20. The van der Waals surface area contributed by atoms with Gasteiger partial charge < -0.3 is 20.1 Å². The van der Waals surface area contributed by atoms with Crippen molar-refractivity contribution in [1.82, 2.24) is 10.2 Å². The molecule has 2 amide bonds. The monoisotopic (exact) mass is 204 g/mol. The zero-order chi connectivity index (χ0) is 11.1. The fourth-order valence-electron chi connectivity index (χ4n) is 0.887. The maximum atomic E-state index is 11.3. The number of nitrogens with zero attached hydrogens (tertiary/aromatic N) is 1. The lowest BCUT2D eigenvalue weighted by Crippen LogP contribution is -2.45. The third-order valence-corrected chi connectivity index (χ3v) is 1.51. The number of hydrogen-bond donors (Lipinski definition) is 2. The van der Waals surface area contributed by atoms with Crippen LogP contribution in [0.5, 0.6) is 0 Å². The standard InChI is InChI=1S/C8H16N2O4/c1-6(5-14-3)9-8(13)10(2)4-7(11)12/h6H,4-5H2,1-3H3,(H,9,13)(H,11,12). The minimum absolute atomic E-state index is 0.135. The molecule has 0 rings (SSSR count).